The summed E-state index contributed by atoms with van der Waals surface area (Å²) in [6, 6.07) is 7.67. The van der Waals surface area contributed by atoms with E-state index in [2.05, 4.69) is 22.0 Å². The van der Waals surface area contributed by atoms with E-state index >= 15 is 0 Å². The lowest BCUT2D eigenvalue weighted by Gasteiger charge is -2.49. The Morgan fingerprint density at radius 1 is 1.17 bits per heavy atom. The average molecular weight is 429 g/mol. The third-order valence-corrected chi connectivity index (χ3v) is 7.47. The second kappa shape index (κ2) is 9.52. The Bertz CT molecular complexity index is 777. The van der Waals surface area contributed by atoms with Gasteiger partial charge in [0.15, 0.2) is 0 Å². The molecular formula is C24H33ClN4O. The highest BCUT2D eigenvalue weighted by molar-refractivity contribution is 6.30. The van der Waals surface area contributed by atoms with Gasteiger partial charge in [0.1, 0.15) is 13.0 Å². The Hall–Kier alpha value is -1.85. The van der Waals surface area contributed by atoms with Gasteiger partial charge in [0.05, 0.1) is 0 Å². The first kappa shape index (κ1) is 21.4. The van der Waals surface area contributed by atoms with E-state index in [-0.39, 0.29) is 11.3 Å². The predicted octanol–water partition coefficient (Wildman–Crippen LogP) is 4.43. The smallest absolute Gasteiger partial charge is 0.249 e. The number of nitrogens with one attached hydrogen (secondary N) is 1. The summed E-state index contributed by atoms with van der Waals surface area (Å²) >= 11 is 5.97. The summed E-state index contributed by atoms with van der Waals surface area (Å²) in [5, 5.41) is 2.88. The Morgan fingerprint density at radius 2 is 1.87 bits per heavy atom. The van der Waals surface area contributed by atoms with Crippen LogP contribution < -0.4 is 5.43 Å². The van der Waals surface area contributed by atoms with E-state index in [9.17, 15) is 4.79 Å². The van der Waals surface area contributed by atoms with Gasteiger partial charge in [-0.25, -0.2) is 5.43 Å². The van der Waals surface area contributed by atoms with Gasteiger partial charge in [-0.2, -0.15) is 0 Å². The highest BCUT2D eigenvalue weighted by Crippen LogP contribution is 2.46. The van der Waals surface area contributed by atoms with E-state index in [1.165, 1.54) is 32.1 Å². The third kappa shape index (κ3) is 4.89. The van der Waals surface area contributed by atoms with Gasteiger partial charge in [0.2, 0.25) is 5.91 Å². The van der Waals surface area contributed by atoms with E-state index in [0.29, 0.717) is 23.7 Å². The first-order valence-electron chi connectivity index (χ1n) is 11.3. The monoisotopic (exact) mass is 428 g/mol. The lowest BCUT2D eigenvalue weighted by Crippen LogP contribution is -2.53. The van der Waals surface area contributed by atoms with Crippen molar-refractivity contribution in [3.05, 3.63) is 47.0 Å². The molecule has 1 N–H and O–H groups in total. The lowest BCUT2D eigenvalue weighted by atomic mass is 9.63. The molecule has 2 heterocycles. The van der Waals surface area contributed by atoms with Crippen molar-refractivity contribution in [2.45, 2.75) is 51.4 Å². The van der Waals surface area contributed by atoms with Crippen LogP contribution in [0.1, 0.15) is 50.5 Å². The molecule has 1 amide bonds. The quantitative estimate of drug-likeness (QED) is 0.681. The zero-order valence-corrected chi connectivity index (χ0v) is 18.5. The number of nitrogens with zero attached hydrogens (tertiary/aromatic N) is 3. The molecule has 0 bridgehead atoms. The van der Waals surface area contributed by atoms with Crippen LogP contribution in [-0.4, -0.2) is 48.5 Å². The molecule has 1 aromatic rings. The number of benzene rings is 1. The molecule has 1 aromatic carbocycles. The van der Waals surface area contributed by atoms with Crippen LogP contribution in [0.2, 0.25) is 5.02 Å². The van der Waals surface area contributed by atoms with Gasteiger partial charge in [-0.05, 0) is 54.7 Å². The number of piperidine rings is 1. The number of hydrogen-bond donors (Lipinski definition) is 1. The standard InChI is InChI=1S/C24H33ClN4O/c1-19(15-20-7-9-22(25)10-8-20)23(30)28-13-11-24(12-14-28,16-29-18-26-17-27-29)21-5-3-2-4-6-21/h7-10,18,21,27H,1-6,11-17H2. The second-order valence-corrected chi connectivity index (χ2v) is 9.57. The maximum atomic E-state index is 13.1. The molecule has 1 saturated carbocycles. The van der Waals surface area contributed by atoms with Crippen LogP contribution >= 0.6 is 11.6 Å². The van der Waals surface area contributed by atoms with E-state index in [1.54, 1.807) is 0 Å². The minimum absolute atomic E-state index is 0.100. The number of hydrazine groups is 1. The number of hydrogen-bond acceptors (Lipinski definition) is 4. The van der Waals surface area contributed by atoms with Crippen LogP contribution in [0.15, 0.2) is 41.4 Å². The fourth-order valence-electron chi connectivity index (χ4n) is 5.46. The molecule has 4 rings (SSSR count). The van der Waals surface area contributed by atoms with Crippen LogP contribution in [0.3, 0.4) is 0 Å². The zero-order chi connectivity index (χ0) is 21.0. The molecule has 2 aliphatic heterocycles. The minimum atomic E-state index is 0.100. The summed E-state index contributed by atoms with van der Waals surface area (Å²) in [7, 11) is 0. The van der Waals surface area contributed by atoms with Gasteiger partial charge in [0.25, 0.3) is 0 Å². The summed E-state index contributed by atoms with van der Waals surface area (Å²) < 4.78 is 0. The minimum Gasteiger partial charge on any atom is -0.339 e. The summed E-state index contributed by atoms with van der Waals surface area (Å²) in [6.07, 6.45) is 11.3. The Labute approximate surface area is 185 Å². The molecule has 0 aromatic heterocycles. The fraction of sp³-hybridized carbons (Fsp3) is 0.583. The highest BCUT2D eigenvalue weighted by atomic mass is 35.5. The van der Waals surface area contributed by atoms with Crippen molar-refractivity contribution in [3.63, 3.8) is 0 Å². The highest BCUT2D eigenvalue weighted by Gasteiger charge is 2.43. The van der Waals surface area contributed by atoms with E-state index in [1.807, 2.05) is 35.5 Å². The molecule has 3 aliphatic rings. The summed E-state index contributed by atoms with van der Waals surface area (Å²) in [6.45, 7) is 7.41. The van der Waals surface area contributed by atoms with Crippen LogP contribution in [-0.2, 0) is 11.2 Å². The first-order chi connectivity index (χ1) is 14.6. The van der Waals surface area contributed by atoms with Crippen LogP contribution in [0.25, 0.3) is 0 Å². The maximum Gasteiger partial charge on any atom is 0.249 e. The fourth-order valence-corrected chi connectivity index (χ4v) is 5.59. The lowest BCUT2D eigenvalue weighted by molar-refractivity contribution is -0.130. The molecule has 0 spiro atoms. The van der Waals surface area contributed by atoms with Gasteiger partial charge in [0, 0.05) is 36.7 Å². The van der Waals surface area contributed by atoms with Crippen molar-refractivity contribution in [2.75, 3.05) is 26.3 Å². The second-order valence-electron chi connectivity index (χ2n) is 9.14. The van der Waals surface area contributed by atoms with Gasteiger partial charge < -0.3 is 4.90 Å². The third-order valence-electron chi connectivity index (χ3n) is 7.22. The maximum absolute atomic E-state index is 13.1. The summed E-state index contributed by atoms with van der Waals surface area (Å²) in [4.78, 5) is 19.4. The Balaban J connectivity index is 1.38. The number of aliphatic imine (C=N–C) groups is 1. The Morgan fingerprint density at radius 3 is 2.50 bits per heavy atom. The molecule has 30 heavy (non-hydrogen) atoms. The molecular weight excluding hydrogens is 396 g/mol. The zero-order valence-electron chi connectivity index (χ0n) is 17.8. The van der Waals surface area contributed by atoms with Gasteiger partial charge in [-0.1, -0.05) is 49.6 Å². The van der Waals surface area contributed by atoms with Crippen molar-refractivity contribution < 1.29 is 4.79 Å². The number of carbonyl (C=O) groups excluding carboxylic acids is 1. The molecule has 5 nitrogen and oxygen atoms in total. The van der Waals surface area contributed by atoms with Gasteiger partial charge in [-0.3, -0.25) is 14.8 Å². The average Bonchev–Trinajstić information content (AvgIpc) is 3.29. The molecule has 6 heteroatoms. The van der Waals surface area contributed by atoms with Crippen LogP contribution in [0.5, 0.6) is 0 Å². The van der Waals surface area contributed by atoms with E-state index in [0.717, 1.165) is 44.0 Å². The number of likely N-dealkylation sites (tertiary alicyclic amines) is 1. The normalized spacial score (nSPS) is 21.8. The van der Waals surface area contributed by atoms with Gasteiger partial charge >= 0.3 is 0 Å². The number of amides is 1. The molecule has 162 valence electrons. The topological polar surface area (TPSA) is 47.9 Å². The van der Waals surface area contributed by atoms with E-state index < -0.39 is 0 Å². The Kier molecular flexibility index (Phi) is 6.79. The van der Waals surface area contributed by atoms with E-state index in [4.69, 9.17) is 11.6 Å². The van der Waals surface area contributed by atoms with Crippen LogP contribution in [0, 0.1) is 11.3 Å². The van der Waals surface area contributed by atoms with Crippen molar-refractivity contribution in [3.8, 4) is 0 Å². The van der Waals surface area contributed by atoms with Gasteiger partial charge in [-0.15, -0.1) is 0 Å². The molecule has 1 aliphatic carbocycles. The van der Waals surface area contributed by atoms with Crippen molar-refractivity contribution >= 4 is 23.8 Å². The number of halogens is 1. The molecule has 0 radical (unpaired) electrons. The number of rotatable bonds is 6. The van der Waals surface area contributed by atoms with Crippen molar-refractivity contribution in [1.82, 2.24) is 15.3 Å². The number of carbonyl (C=O) groups is 1. The van der Waals surface area contributed by atoms with Crippen LogP contribution in [0.4, 0.5) is 0 Å². The SMILES string of the molecule is C=C(Cc1ccc(Cl)cc1)C(=O)N1CCC(CN2C=NCN2)(C2CCCCC2)CC1. The van der Waals surface area contributed by atoms with Crippen molar-refractivity contribution in [1.29, 1.82) is 0 Å². The molecule has 1 saturated heterocycles. The summed E-state index contributed by atoms with van der Waals surface area (Å²) in [5.74, 6) is 0.847. The first-order valence-corrected chi connectivity index (χ1v) is 11.7. The largest absolute Gasteiger partial charge is 0.339 e. The molecule has 2 fully saturated rings. The van der Waals surface area contributed by atoms with Crippen molar-refractivity contribution in [2.24, 2.45) is 16.3 Å². The molecule has 0 atom stereocenters. The molecule has 0 unspecified atom stereocenters. The summed E-state index contributed by atoms with van der Waals surface area (Å²) in [5.41, 5.74) is 5.36. The predicted molar refractivity (Wildman–Crippen MR) is 122 cm³/mol.